The summed E-state index contributed by atoms with van der Waals surface area (Å²) in [6.07, 6.45) is 3.21. The smallest absolute Gasteiger partial charge is 0.239 e. The Balaban J connectivity index is 1.87. The molecule has 3 rings (SSSR count). The second-order valence-electron chi connectivity index (χ2n) is 4.91. The third-order valence-electron chi connectivity index (χ3n) is 3.28. The average molecular weight is 247 g/mol. The molecule has 2 heterocycles. The molecule has 18 heavy (non-hydrogen) atoms. The highest BCUT2D eigenvalue weighted by Crippen LogP contribution is 2.38. The number of hydrogen-bond donors (Lipinski definition) is 2. The summed E-state index contributed by atoms with van der Waals surface area (Å²) in [6.45, 7) is 1.89. The summed E-state index contributed by atoms with van der Waals surface area (Å²) < 4.78 is 0. The third kappa shape index (κ3) is 2.37. The van der Waals surface area contributed by atoms with Crippen LogP contribution in [0.1, 0.15) is 31.0 Å². The molecule has 0 bridgehead atoms. The zero-order chi connectivity index (χ0) is 12.5. The highest BCUT2D eigenvalue weighted by atomic mass is 16.2. The standard InChI is InChI=1S/C12H17N5O/c13-9-6-10(16-12(15-9)8-2-3-8)17-5-1-4-14-11(18)7-17/h6,8H,1-5,7H2,(H,14,18)(H2,13,15,16). The highest BCUT2D eigenvalue weighted by molar-refractivity contribution is 5.81. The van der Waals surface area contributed by atoms with E-state index in [4.69, 9.17) is 5.73 Å². The van der Waals surface area contributed by atoms with Crippen molar-refractivity contribution in [3.05, 3.63) is 11.9 Å². The maximum absolute atomic E-state index is 11.6. The van der Waals surface area contributed by atoms with Crippen molar-refractivity contribution in [2.45, 2.75) is 25.2 Å². The Hall–Kier alpha value is -1.85. The summed E-state index contributed by atoms with van der Waals surface area (Å²) in [5, 5.41) is 2.85. The molecule has 0 spiro atoms. The predicted octanol–water partition coefficient (Wildman–Crippen LogP) is 0.262. The van der Waals surface area contributed by atoms with Crippen LogP contribution in [0.5, 0.6) is 0 Å². The van der Waals surface area contributed by atoms with Crippen molar-refractivity contribution >= 4 is 17.5 Å². The van der Waals surface area contributed by atoms with Crippen LogP contribution in [0.2, 0.25) is 0 Å². The van der Waals surface area contributed by atoms with E-state index in [-0.39, 0.29) is 5.91 Å². The number of carbonyl (C=O) groups is 1. The Morgan fingerprint density at radius 2 is 2.22 bits per heavy atom. The molecule has 1 aromatic heterocycles. The van der Waals surface area contributed by atoms with E-state index in [1.807, 2.05) is 4.90 Å². The van der Waals surface area contributed by atoms with Gasteiger partial charge in [0, 0.05) is 25.1 Å². The summed E-state index contributed by atoms with van der Waals surface area (Å²) in [4.78, 5) is 22.4. The van der Waals surface area contributed by atoms with E-state index in [1.54, 1.807) is 6.07 Å². The second kappa shape index (κ2) is 4.44. The Labute approximate surface area is 106 Å². The van der Waals surface area contributed by atoms with Gasteiger partial charge >= 0.3 is 0 Å². The maximum atomic E-state index is 11.6. The fraction of sp³-hybridized carbons (Fsp3) is 0.583. The highest BCUT2D eigenvalue weighted by Gasteiger charge is 2.28. The molecule has 1 saturated carbocycles. The van der Waals surface area contributed by atoms with E-state index in [9.17, 15) is 4.79 Å². The molecular weight excluding hydrogens is 230 g/mol. The molecule has 0 atom stereocenters. The van der Waals surface area contributed by atoms with Gasteiger partial charge in [-0.2, -0.15) is 0 Å². The summed E-state index contributed by atoms with van der Waals surface area (Å²) in [7, 11) is 0. The van der Waals surface area contributed by atoms with E-state index in [0.717, 1.165) is 44.0 Å². The van der Waals surface area contributed by atoms with Gasteiger partial charge in [0.05, 0.1) is 6.54 Å². The molecular formula is C12H17N5O. The molecule has 96 valence electrons. The van der Waals surface area contributed by atoms with Crippen molar-refractivity contribution in [1.29, 1.82) is 0 Å². The quantitative estimate of drug-likeness (QED) is 0.783. The molecule has 0 aromatic carbocycles. The molecule has 1 aliphatic carbocycles. The lowest BCUT2D eigenvalue weighted by molar-refractivity contribution is -0.119. The van der Waals surface area contributed by atoms with Gasteiger partial charge in [0.1, 0.15) is 17.5 Å². The predicted molar refractivity (Wildman–Crippen MR) is 68.3 cm³/mol. The number of nitrogens with two attached hydrogens (primary N) is 1. The fourth-order valence-corrected chi connectivity index (χ4v) is 2.16. The molecule has 0 unspecified atom stereocenters. The summed E-state index contributed by atoms with van der Waals surface area (Å²) >= 11 is 0. The first-order valence-electron chi connectivity index (χ1n) is 6.38. The first-order chi connectivity index (χ1) is 8.72. The van der Waals surface area contributed by atoms with Crippen molar-refractivity contribution < 1.29 is 4.79 Å². The summed E-state index contributed by atoms with van der Waals surface area (Å²) in [5.41, 5.74) is 5.83. The van der Waals surface area contributed by atoms with Crippen molar-refractivity contribution in [1.82, 2.24) is 15.3 Å². The Kier molecular flexibility index (Phi) is 2.77. The number of anilines is 2. The van der Waals surface area contributed by atoms with Gasteiger partial charge in [0.25, 0.3) is 0 Å². The Morgan fingerprint density at radius 1 is 1.39 bits per heavy atom. The molecule has 3 N–H and O–H groups in total. The summed E-state index contributed by atoms with van der Waals surface area (Å²) in [5.74, 6) is 2.60. The minimum atomic E-state index is 0.0395. The Morgan fingerprint density at radius 3 is 3.00 bits per heavy atom. The number of nitrogens with one attached hydrogen (secondary N) is 1. The van der Waals surface area contributed by atoms with Crippen LogP contribution in [0.4, 0.5) is 11.6 Å². The molecule has 0 radical (unpaired) electrons. The molecule has 1 aromatic rings. The second-order valence-corrected chi connectivity index (χ2v) is 4.91. The molecule has 2 fully saturated rings. The topological polar surface area (TPSA) is 84.1 Å². The number of amides is 1. The fourth-order valence-electron chi connectivity index (χ4n) is 2.16. The Bertz CT molecular complexity index is 472. The normalized spacial score (nSPS) is 20.4. The number of rotatable bonds is 2. The van der Waals surface area contributed by atoms with Crippen LogP contribution in [0.25, 0.3) is 0 Å². The SMILES string of the molecule is Nc1cc(N2CCCNC(=O)C2)nc(C2CC2)n1. The number of aromatic nitrogens is 2. The molecule has 1 amide bonds. The van der Waals surface area contributed by atoms with E-state index in [0.29, 0.717) is 18.3 Å². The van der Waals surface area contributed by atoms with Crippen molar-refractivity contribution in [2.75, 3.05) is 30.3 Å². The van der Waals surface area contributed by atoms with Crippen molar-refractivity contribution in [3.8, 4) is 0 Å². The van der Waals surface area contributed by atoms with Gasteiger partial charge in [0.15, 0.2) is 0 Å². The number of nitrogens with zero attached hydrogens (tertiary/aromatic N) is 3. The van der Waals surface area contributed by atoms with E-state index in [2.05, 4.69) is 15.3 Å². The van der Waals surface area contributed by atoms with Crippen LogP contribution in [-0.2, 0) is 4.79 Å². The minimum Gasteiger partial charge on any atom is -0.384 e. The van der Waals surface area contributed by atoms with Gasteiger partial charge in [-0.15, -0.1) is 0 Å². The first-order valence-corrected chi connectivity index (χ1v) is 6.38. The van der Waals surface area contributed by atoms with Gasteiger partial charge in [0.2, 0.25) is 5.91 Å². The zero-order valence-corrected chi connectivity index (χ0v) is 10.2. The van der Waals surface area contributed by atoms with Crippen LogP contribution < -0.4 is 16.0 Å². The van der Waals surface area contributed by atoms with Crippen LogP contribution in [0.15, 0.2) is 6.07 Å². The van der Waals surface area contributed by atoms with Crippen molar-refractivity contribution in [2.24, 2.45) is 0 Å². The lowest BCUT2D eigenvalue weighted by atomic mass is 10.3. The average Bonchev–Trinajstić information content (AvgIpc) is 3.14. The van der Waals surface area contributed by atoms with Crippen molar-refractivity contribution in [3.63, 3.8) is 0 Å². The van der Waals surface area contributed by atoms with Crippen LogP contribution >= 0.6 is 0 Å². The van der Waals surface area contributed by atoms with Crippen LogP contribution in [0.3, 0.4) is 0 Å². The van der Waals surface area contributed by atoms with Gasteiger partial charge in [-0.3, -0.25) is 4.79 Å². The van der Waals surface area contributed by atoms with E-state index >= 15 is 0 Å². The molecule has 2 aliphatic rings. The van der Waals surface area contributed by atoms with Gasteiger partial charge in [-0.1, -0.05) is 0 Å². The van der Waals surface area contributed by atoms with Crippen LogP contribution in [0, 0.1) is 0 Å². The number of carbonyl (C=O) groups excluding carboxylic acids is 1. The number of nitrogen functional groups attached to an aromatic ring is 1. The monoisotopic (exact) mass is 247 g/mol. The summed E-state index contributed by atoms with van der Waals surface area (Å²) in [6, 6.07) is 1.75. The molecule has 1 aliphatic heterocycles. The zero-order valence-electron chi connectivity index (χ0n) is 10.2. The largest absolute Gasteiger partial charge is 0.384 e. The lowest BCUT2D eigenvalue weighted by Gasteiger charge is -2.20. The lowest BCUT2D eigenvalue weighted by Crippen LogP contribution is -2.33. The van der Waals surface area contributed by atoms with Crippen LogP contribution in [-0.4, -0.2) is 35.5 Å². The maximum Gasteiger partial charge on any atom is 0.239 e. The first kappa shape index (κ1) is 11.3. The van der Waals surface area contributed by atoms with Gasteiger partial charge in [-0.05, 0) is 19.3 Å². The van der Waals surface area contributed by atoms with E-state index < -0.39 is 0 Å². The third-order valence-corrected chi connectivity index (χ3v) is 3.28. The molecule has 6 heteroatoms. The molecule has 6 nitrogen and oxygen atoms in total. The number of hydrogen-bond acceptors (Lipinski definition) is 5. The van der Waals surface area contributed by atoms with Gasteiger partial charge < -0.3 is 16.0 Å². The van der Waals surface area contributed by atoms with Gasteiger partial charge in [-0.25, -0.2) is 9.97 Å². The molecule has 1 saturated heterocycles. The van der Waals surface area contributed by atoms with E-state index in [1.165, 1.54) is 0 Å². The minimum absolute atomic E-state index is 0.0395.